The lowest BCUT2D eigenvalue weighted by atomic mass is 9.72. The molecule has 0 saturated carbocycles. The van der Waals surface area contributed by atoms with E-state index >= 15 is 0 Å². The van der Waals surface area contributed by atoms with Gasteiger partial charge < -0.3 is 0 Å². The Labute approximate surface area is 394 Å². The molecule has 0 aliphatic heterocycles. The molecule has 0 amide bonds. The molecule has 4 nitrogen and oxygen atoms in total. The van der Waals surface area contributed by atoms with Crippen LogP contribution in [-0.4, -0.2) is 14.1 Å². The van der Waals surface area contributed by atoms with Crippen molar-refractivity contribution in [2.75, 3.05) is 0 Å². The van der Waals surface area contributed by atoms with Crippen LogP contribution in [0.25, 0.3) is 94.5 Å². The van der Waals surface area contributed by atoms with Crippen LogP contribution in [0.5, 0.6) is 0 Å². The second kappa shape index (κ2) is 16.0. The van der Waals surface area contributed by atoms with Crippen LogP contribution in [0.2, 0.25) is 0 Å². The Balaban J connectivity index is 1.16. The van der Waals surface area contributed by atoms with Gasteiger partial charge in [0.2, 0.25) is 0 Å². The third-order valence-corrected chi connectivity index (χ3v) is 12.8. The maximum absolute atomic E-state index is 9.12. The predicted octanol–water partition coefficient (Wildman–Crippen LogP) is 15.7. The molecule has 11 rings (SSSR count). The topological polar surface area (TPSA) is 26.6 Å². The van der Waals surface area contributed by atoms with E-state index in [0.29, 0.717) is 11.3 Å². The van der Waals surface area contributed by atoms with Crippen molar-refractivity contribution in [3.8, 4) is 61.7 Å². The average Bonchev–Trinajstić information content (AvgIpc) is 3.93. The molecule has 0 bridgehead atoms. The number of nitrogens with zero attached hydrogens (tertiary/aromatic N) is 4. The zero-order valence-corrected chi connectivity index (χ0v) is 38.1. The van der Waals surface area contributed by atoms with Crippen LogP contribution in [-0.2, 0) is 10.8 Å². The van der Waals surface area contributed by atoms with Gasteiger partial charge in [-0.15, -0.1) is 0 Å². The van der Waals surface area contributed by atoms with Gasteiger partial charge in [-0.05, 0) is 116 Å². The number of hydrogen-bond acceptors (Lipinski definition) is 1. The lowest BCUT2D eigenvalue weighted by Crippen LogP contribution is -2.30. The minimum absolute atomic E-state index is 0.146. The predicted molar refractivity (Wildman–Crippen MR) is 276 cm³/mol. The minimum atomic E-state index is -0.423. The van der Waals surface area contributed by atoms with Crippen LogP contribution in [0, 0.1) is 0 Å². The first-order chi connectivity index (χ1) is 34.1. The molecule has 0 aliphatic carbocycles. The van der Waals surface area contributed by atoms with Crippen LogP contribution in [0.3, 0.4) is 0 Å². The number of pyridine rings is 1. The first kappa shape index (κ1) is 35.5. The van der Waals surface area contributed by atoms with E-state index in [4.69, 9.17) is 11.8 Å². The largest absolute Gasteiger partial charge is 0.294 e. The molecule has 0 unspecified atom stereocenters. The Morgan fingerprint density at radius 1 is 0.470 bits per heavy atom. The Bertz CT molecular complexity index is 3870. The van der Waals surface area contributed by atoms with Gasteiger partial charge in [-0.3, -0.25) is 4.57 Å². The summed E-state index contributed by atoms with van der Waals surface area (Å²) in [7, 11) is 0. The zero-order valence-electron chi connectivity index (χ0n) is 43.1. The monoisotopic (exact) mass is 858 g/mol. The molecule has 0 fully saturated rings. The second-order valence-electron chi connectivity index (χ2n) is 19.2. The highest BCUT2D eigenvalue weighted by atomic mass is 15.1. The first-order valence-corrected chi connectivity index (χ1v) is 22.6. The van der Waals surface area contributed by atoms with Gasteiger partial charge in [0.25, 0.3) is 6.33 Å². The summed E-state index contributed by atoms with van der Waals surface area (Å²) in [4.78, 5) is 4.83. The Morgan fingerprint density at radius 3 is 1.79 bits per heavy atom. The standard InChI is InChI=1S/C62H53N4/c1-61(2,3)53-39-51(52(40-54(53)62(4,5)6)45-34-35-50-49-27-13-14-30-55(49)66(58(50)38-45)59-33-17-18-36-63-59)44-25-19-26-46(37-44)64-41-65(57-32-16-15-31-56(57)64)60-47(42-21-9-7-10-22-42)28-20-29-48(60)43-23-11-8-12-24-43/h7-41H,1-6H3/q+1/i7D,9D,10D,21D,22D. The molecule has 0 atom stereocenters. The Hall–Kier alpha value is -7.82. The maximum atomic E-state index is 9.12. The van der Waals surface area contributed by atoms with Crippen molar-refractivity contribution in [1.29, 1.82) is 0 Å². The van der Waals surface area contributed by atoms with Crippen LogP contribution >= 0.6 is 0 Å². The first-order valence-electron chi connectivity index (χ1n) is 25.1. The fraction of sp³-hybridized carbons (Fsp3) is 0.129. The highest BCUT2D eigenvalue weighted by molar-refractivity contribution is 6.10. The van der Waals surface area contributed by atoms with E-state index in [9.17, 15) is 0 Å². The highest BCUT2D eigenvalue weighted by Crippen LogP contribution is 2.44. The van der Waals surface area contributed by atoms with Crippen molar-refractivity contribution in [3.63, 3.8) is 0 Å². The van der Waals surface area contributed by atoms with Crippen molar-refractivity contribution >= 4 is 32.8 Å². The van der Waals surface area contributed by atoms with Gasteiger partial charge in [0, 0.05) is 28.1 Å². The van der Waals surface area contributed by atoms with Crippen molar-refractivity contribution in [2.24, 2.45) is 0 Å². The minimum Gasteiger partial charge on any atom is -0.294 e. The van der Waals surface area contributed by atoms with Crippen LogP contribution in [0.15, 0.2) is 213 Å². The van der Waals surface area contributed by atoms with Crippen molar-refractivity contribution < 1.29 is 11.4 Å². The molecule has 8 aromatic carbocycles. The van der Waals surface area contributed by atoms with Crippen molar-refractivity contribution in [3.05, 3.63) is 224 Å². The number of aromatic nitrogens is 4. The molecule has 0 saturated heterocycles. The lowest BCUT2D eigenvalue weighted by molar-refractivity contribution is -0.566. The Morgan fingerprint density at radius 2 is 1.08 bits per heavy atom. The number of para-hydroxylation sites is 4. The maximum Gasteiger partial charge on any atom is 0.255 e. The van der Waals surface area contributed by atoms with Gasteiger partial charge in [-0.25, -0.2) is 4.98 Å². The van der Waals surface area contributed by atoms with E-state index in [1.165, 1.54) is 16.5 Å². The number of hydrogen-bond donors (Lipinski definition) is 0. The summed E-state index contributed by atoms with van der Waals surface area (Å²) in [6.07, 6.45) is 3.92. The number of fused-ring (bicyclic) bond motifs is 4. The van der Waals surface area contributed by atoms with E-state index in [2.05, 4.69) is 159 Å². The number of imidazole rings is 1. The molecule has 11 aromatic rings. The van der Waals surface area contributed by atoms with Gasteiger partial charge in [0.05, 0.1) is 17.9 Å². The molecule has 0 radical (unpaired) electrons. The van der Waals surface area contributed by atoms with Crippen LogP contribution in [0.1, 0.15) is 59.5 Å². The fourth-order valence-electron chi connectivity index (χ4n) is 9.75. The van der Waals surface area contributed by atoms with Crippen LogP contribution in [0.4, 0.5) is 0 Å². The quantitative estimate of drug-likeness (QED) is 0.147. The van der Waals surface area contributed by atoms with E-state index in [0.717, 1.165) is 72.3 Å². The average molecular weight is 859 g/mol. The second-order valence-corrected chi connectivity index (χ2v) is 19.2. The third-order valence-electron chi connectivity index (χ3n) is 12.8. The molecule has 66 heavy (non-hydrogen) atoms. The van der Waals surface area contributed by atoms with E-state index < -0.39 is 6.04 Å². The molecule has 0 spiro atoms. The molecule has 4 heteroatoms. The normalized spacial score (nSPS) is 13.2. The third kappa shape index (κ3) is 7.10. The SMILES string of the molecule is [2H]c1c([2H])c([2H])c(-c2cccc(-c3ccccc3)c2-[n+]2cn(-c3cccc(-c4cc(C(C)(C)C)c(C(C)(C)C)cc4-c4ccc5c6ccccc6n(-c6ccccn6)c5c4)c3)c3ccccc32)c([2H])c1[2H]. The van der Waals surface area contributed by atoms with Gasteiger partial charge in [-0.1, -0.05) is 181 Å². The summed E-state index contributed by atoms with van der Waals surface area (Å²) in [6.45, 7) is 13.8. The summed E-state index contributed by atoms with van der Waals surface area (Å²) in [5.41, 5.74) is 14.8. The Kier molecular flexibility index (Phi) is 8.62. The smallest absolute Gasteiger partial charge is 0.255 e. The fourth-order valence-corrected chi connectivity index (χ4v) is 9.75. The van der Waals surface area contributed by atoms with Crippen molar-refractivity contribution in [2.45, 2.75) is 52.4 Å². The molecule has 0 N–H and O–H groups in total. The van der Waals surface area contributed by atoms with Gasteiger partial charge >= 0.3 is 0 Å². The molecular weight excluding hydrogens is 801 g/mol. The molecular formula is C62H53N4+. The summed E-state index contributed by atoms with van der Waals surface area (Å²) in [6, 6.07) is 57.4. The van der Waals surface area contributed by atoms with Crippen molar-refractivity contribution in [1.82, 2.24) is 14.1 Å². The number of rotatable bonds is 7. The van der Waals surface area contributed by atoms with E-state index in [1.54, 1.807) is 0 Å². The zero-order chi connectivity index (χ0) is 49.5. The number of benzene rings is 8. The highest BCUT2D eigenvalue weighted by Gasteiger charge is 2.29. The van der Waals surface area contributed by atoms with Gasteiger partial charge in [0.1, 0.15) is 17.2 Å². The summed E-state index contributed by atoms with van der Waals surface area (Å²) in [5.74, 6) is 0.866. The lowest BCUT2D eigenvalue weighted by Gasteiger charge is -2.32. The molecule has 320 valence electrons. The summed E-state index contributed by atoms with van der Waals surface area (Å²) < 4.78 is 50.5. The molecule has 3 heterocycles. The van der Waals surface area contributed by atoms with Gasteiger partial charge in [-0.2, -0.15) is 9.13 Å². The summed E-state index contributed by atoms with van der Waals surface area (Å²) >= 11 is 0. The van der Waals surface area contributed by atoms with Crippen LogP contribution < -0.4 is 4.57 Å². The van der Waals surface area contributed by atoms with Gasteiger partial charge in [0.15, 0.2) is 11.0 Å². The van der Waals surface area contributed by atoms with E-state index in [1.807, 2.05) is 79.0 Å². The van der Waals surface area contributed by atoms with E-state index in [-0.39, 0.29) is 40.6 Å². The molecule has 3 aromatic heterocycles. The summed E-state index contributed by atoms with van der Waals surface area (Å²) in [5, 5.41) is 2.34. The molecule has 0 aliphatic rings.